The summed E-state index contributed by atoms with van der Waals surface area (Å²) in [5, 5.41) is 2.86. The van der Waals surface area contributed by atoms with E-state index in [2.05, 4.69) is 10.3 Å². The summed E-state index contributed by atoms with van der Waals surface area (Å²) in [7, 11) is 0. The Bertz CT molecular complexity index is 280. The first-order valence-corrected chi connectivity index (χ1v) is 3.64. The van der Waals surface area contributed by atoms with Crippen molar-refractivity contribution in [3.63, 3.8) is 0 Å². The van der Waals surface area contributed by atoms with Crippen molar-refractivity contribution >= 4 is 11.6 Å². The molecule has 0 saturated carbocycles. The van der Waals surface area contributed by atoms with Crippen molar-refractivity contribution in [2.75, 3.05) is 5.32 Å². The number of ketones is 1. The first-order chi connectivity index (χ1) is 5.79. The zero-order chi connectivity index (χ0) is 8.81. The predicted molar refractivity (Wildman–Crippen MR) is 47.7 cm³/mol. The molecule has 1 heterocycles. The lowest BCUT2D eigenvalue weighted by Crippen LogP contribution is -1.91. The molecule has 0 aliphatic carbocycles. The zero-order valence-corrected chi connectivity index (χ0v) is 6.82. The van der Waals surface area contributed by atoms with Gasteiger partial charge in [0.05, 0.1) is 0 Å². The van der Waals surface area contributed by atoms with Crippen LogP contribution in [-0.4, -0.2) is 10.8 Å². The molecule has 0 atom stereocenters. The molecule has 1 aromatic rings. The summed E-state index contributed by atoms with van der Waals surface area (Å²) in [5.41, 5.74) is 0. The van der Waals surface area contributed by atoms with Gasteiger partial charge in [0.2, 0.25) is 0 Å². The quantitative estimate of drug-likeness (QED) is 0.686. The average molecular weight is 162 g/mol. The van der Waals surface area contributed by atoms with Crippen LogP contribution in [0.3, 0.4) is 0 Å². The van der Waals surface area contributed by atoms with Crippen LogP contribution in [0.1, 0.15) is 6.92 Å². The number of hydrogen-bond acceptors (Lipinski definition) is 3. The highest BCUT2D eigenvalue weighted by Gasteiger charge is 1.85. The fourth-order valence-corrected chi connectivity index (χ4v) is 0.693. The fraction of sp³-hybridized carbons (Fsp3) is 0.111. The van der Waals surface area contributed by atoms with E-state index >= 15 is 0 Å². The Morgan fingerprint density at radius 2 is 2.42 bits per heavy atom. The number of nitrogens with zero attached hydrogens (tertiary/aromatic N) is 1. The van der Waals surface area contributed by atoms with Gasteiger partial charge in [-0.1, -0.05) is 6.07 Å². The average Bonchev–Trinajstić information content (AvgIpc) is 2.05. The van der Waals surface area contributed by atoms with Crippen LogP contribution >= 0.6 is 0 Å². The summed E-state index contributed by atoms with van der Waals surface area (Å²) in [5.74, 6) is 0.744. The number of nitrogens with one attached hydrogen (secondary N) is 1. The third-order valence-corrected chi connectivity index (χ3v) is 1.21. The minimum atomic E-state index is 0.0124. The van der Waals surface area contributed by atoms with Crippen LogP contribution in [0.2, 0.25) is 0 Å². The van der Waals surface area contributed by atoms with Gasteiger partial charge in [-0.05, 0) is 25.1 Å². The summed E-state index contributed by atoms with van der Waals surface area (Å²) in [6.07, 6.45) is 4.71. The van der Waals surface area contributed by atoms with Gasteiger partial charge in [-0.25, -0.2) is 4.98 Å². The molecule has 0 fully saturated rings. The van der Waals surface area contributed by atoms with E-state index in [0.29, 0.717) is 0 Å². The van der Waals surface area contributed by atoms with Crippen LogP contribution in [0, 0.1) is 0 Å². The van der Waals surface area contributed by atoms with Crippen LogP contribution in [0.4, 0.5) is 5.82 Å². The van der Waals surface area contributed by atoms with Gasteiger partial charge in [0.25, 0.3) is 0 Å². The minimum Gasteiger partial charge on any atom is -0.347 e. The first kappa shape index (κ1) is 8.46. The van der Waals surface area contributed by atoms with E-state index in [9.17, 15) is 4.79 Å². The van der Waals surface area contributed by atoms with E-state index < -0.39 is 0 Å². The molecule has 0 saturated heterocycles. The Hall–Kier alpha value is -1.64. The Labute approximate surface area is 71.1 Å². The molecule has 0 aromatic carbocycles. The molecule has 1 rings (SSSR count). The number of carbonyl (C=O) groups is 1. The summed E-state index contributed by atoms with van der Waals surface area (Å²) in [6, 6.07) is 5.53. The van der Waals surface area contributed by atoms with Gasteiger partial charge < -0.3 is 5.32 Å². The highest BCUT2D eigenvalue weighted by atomic mass is 16.1. The zero-order valence-electron chi connectivity index (χ0n) is 6.82. The predicted octanol–water partition coefficient (Wildman–Crippen LogP) is 1.60. The van der Waals surface area contributed by atoms with Gasteiger partial charge in [0.1, 0.15) is 5.82 Å². The largest absolute Gasteiger partial charge is 0.347 e. The first-order valence-electron chi connectivity index (χ1n) is 3.64. The van der Waals surface area contributed by atoms with E-state index in [1.807, 2.05) is 18.2 Å². The molecular weight excluding hydrogens is 152 g/mol. The maximum atomic E-state index is 10.5. The number of carbonyl (C=O) groups excluding carboxylic acids is 1. The molecule has 3 heteroatoms. The lowest BCUT2D eigenvalue weighted by atomic mass is 10.4. The maximum absolute atomic E-state index is 10.5. The van der Waals surface area contributed by atoms with E-state index in [-0.39, 0.29) is 5.78 Å². The van der Waals surface area contributed by atoms with E-state index in [4.69, 9.17) is 0 Å². The lowest BCUT2D eigenvalue weighted by molar-refractivity contribution is -0.112. The van der Waals surface area contributed by atoms with Gasteiger partial charge in [-0.3, -0.25) is 4.79 Å². The monoisotopic (exact) mass is 162 g/mol. The number of allylic oxidation sites excluding steroid dienone is 1. The van der Waals surface area contributed by atoms with Gasteiger partial charge in [0.15, 0.2) is 5.78 Å². The van der Waals surface area contributed by atoms with Gasteiger partial charge in [-0.15, -0.1) is 0 Å². The van der Waals surface area contributed by atoms with Crippen molar-refractivity contribution in [3.05, 3.63) is 36.7 Å². The van der Waals surface area contributed by atoms with Crippen LogP contribution in [0.5, 0.6) is 0 Å². The molecule has 3 nitrogen and oxygen atoms in total. The lowest BCUT2D eigenvalue weighted by Gasteiger charge is -1.95. The number of rotatable bonds is 3. The second-order valence-corrected chi connectivity index (χ2v) is 2.30. The molecule has 0 aliphatic rings. The number of aromatic nitrogens is 1. The molecule has 0 unspecified atom stereocenters. The third-order valence-electron chi connectivity index (χ3n) is 1.21. The van der Waals surface area contributed by atoms with E-state index in [1.165, 1.54) is 13.0 Å². The molecule has 0 amide bonds. The summed E-state index contributed by atoms with van der Waals surface area (Å²) in [4.78, 5) is 14.5. The normalized spacial score (nSPS) is 10.1. The second-order valence-electron chi connectivity index (χ2n) is 2.30. The molecule has 62 valence electrons. The maximum Gasteiger partial charge on any atom is 0.154 e. The molecule has 1 aromatic heterocycles. The molecule has 0 radical (unpaired) electrons. The van der Waals surface area contributed by atoms with Crippen LogP contribution in [-0.2, 0) is 4.79 Å². The Balaban J connectivity index is 2.49. The van der Waals surface area contributed by atoms with Crippen LogP contribution < -0.4 is 5.32 Å². The topological polar surface area (TPSA) is 42.0 Å². The second kappa shape index (κ2) is 4.28. The van der Waals surface area contributed by atoms with E-state index in [1.54, 1.807) is 12.4 Å². The molecule has 0 bridgehead atoms. The Kier molecular flexibility index (Phi) is 3.02. The number of pyridine rings is 1. The fourth-order valence-electron chi connectivity index (χ4n) is 0.693. The van der Waals surface area contributed by atoms with Gasteiger partial charge in [0, 0.05) is 12.4 Å². The Morgan fingerprint density at radius 3 is 3.00 bits per heavy atom. The standard InChI is InChI=1S/C9H10N2O/c1-8(12)5-7-11-9-4-2-3-6-10-9/h2-7H,1H3,(H,10,11)/b7-5+. The van der Waals surface area contributed by atoms with Crippen molar-refractivity contribution in [1.82, 2.24) is 4.98 Å². The van der Waals surface area contributed by atoms with Crippen molar-refractivity contribution in [1.29, 1.82) is 0 Å². The summed E-state index contributed by atoms with van der Waals surface area (Å²) < 4.78 is 0. The minimum absolute atomic E-state index is 0.0124. The van der Waals surface area contributed by atoms with Gasteiger partial charge in [-0.2, -0.15) is 0 Å². The molecule has 12 heavy (non-hydrogen) atoms. The Morgan fingerprint density at radius 1 is 1.58 bits per heavy atom. The number of anilines is 1. The molecule has 0 spiro atoms. The highest BCUT2D eigenvalue weighted by molar-refractivity contribution is 5.87. The SMILES string of the molecule is CC(=O)/C=C/Nc1ccccn1. The smallest absolute Gasteiger partial charge is 0.154 e. The highest BCUT2D eigenvalue weighted by Crippen LogP contribution is 1.98. The van der Waals surface area contributed by atoms with Crippen molar-refractivity contribution < 1.29 is 4.79 Å². The summed E-state index contributed by atoms with van der Waals surface area (Å²) >= 11 is 0. The third kappa shape index (κ3) is 2.96. The van der Waals surface area contributed by atoms with Crippen molar-refractivity contribution in [3.8, 4) is 0 Å². The van der Waals surface area contributed by atoms with E-state index in [0.717, 1.165) is 5.82 Å². The summed E-state index contributed by atoms with van der Waals surface area (Å²) in [6.45, 7) is 1.50. The number of hydrogen-bond donors (Lipinski definition) is 1. The van der Waals surface area contributed by atoms with Crippen LogP contribution in [0.15, 0.2) is 36.7 Å². The van der Waals surface area contributed by atoms with Crippen molar-refractivity contribution in [2.24, 2.45) is 0 Å². The molecular formula is C9H10N2O. The molecule has 1 N–H and O–H groups in total. The molecule has 0 aliphatic heterocycles. The van der Waals surface area contributed by atoms with Crippen LogP contribution in [0.25, 0.3) is 0 Å². The van der Waals surface area contributed by atoms with Gasteiger partial charge >= 0.3 is 0 Å². The van der Waals surface area contributed by atoms with Crippen molar-refractivity contribution in [2.45, 2.75) is 6.92 Å².